The van der Waals surface area contributed by atoms with Crippen LogP contribution in [0.3, 0.4) is 0 Å². The number of aliphatic hydroxyl groups excluding tert-OH is 1. The van der Waals surface area contributed by atoms with Crippen molar-refractivity contribution >= 4 is 15.9 Å². The molecule has 0 aliphatic rings. The van der Waals surface area contributed by atoms with Gasteiger partial charge in [0.15, 0.2) is 0 Å². The Bertz CT molecular complexity index is 510. The van der Waals surface area contributed by atoms with Crippen molar-refractivity contribution in [1.82, 2.24) is 5.16 Å². The fourth-order valence-electron chi connectivity index (χ4n) is 1.55. The predicted octanol–water partition coefficient (Wildman–Crippen LogP) is 2.65. The first-order valence-corrected chi connectivity index (χ1v) is 5.94. The van der Waals surface area contributed by atoms with Gasteiger partial charge in [-0.1, -0.05) is 21.1 Å². The van der Waals surface area contributed by atoms with Gasteiger partial charge in [-0.05, 0) is 18.2 Å². The predicted molar refractivity (Wildman–Crippen MR) is 67.0 cm³/mol. The highest BCUT2D eigenvalue weighted by atomic mass is 79.9. The van der Waals surface area contributed by atoms with Gasteiger partial charge in [-0.25, -0.2) is 0 Å². The van der Waals surface area contributed by atoms with Gasteiger partial charge in [0.1, 0.15) is 17.2 Å². The molecule has 1 heterocycles. The second-order valence-electron chi connectivity index (χ2n) is 3.50. The zero-order valence-electron chi connectivity index (χ0n) is 9.31. The Kier molecular flexibility index (Phi) is 3.81. The van der Waals surface area contributed by atoms with Gasteiger partial charge in [-0.3, -0.25) is 0 Å². The number of nitrogens with zero attached hydrogens (tertiary/aromatic N) is 1. The summed E-state index contributed by atoms with van der Waals surface area (Å²) >= 11 is 3.41. The zero-order chi connectivity index (χ0) is 12.3. The van der Waals surface area contributed by atoms with Crippen LogP contribution in [-0.2, 0) is 6.42 Å². The summed E-state index contributed by atoms with van der Waals surface area (Å²) in [6.45, 7) is 0.0459. The van der Waals surface area contributed by atoms with E-state index in [0.29, 0.717) is 17.9 Å². The van der Waals surface area contributed by atoms with E-state index in [-0.39, 0.29) is 6.61 Å². The molecule has 17 heavy (non-hydrogen) atoms. The summed E-state index contributed by atoms with van der Waals surface area (Å²) in [5.74, 6) is 1.39. The van der Waals surface area contributed by atoms with Gasteiger partial charge >= 0.3 is 0 Å². The minimum Gasteiger partial charge on any atom is -0.496 e. The zero-order valence-corrected chi connectivity index (χ0v) is 10.9. The van der Waals surface area contributed by atoms with Gasteiger partial charge in [0.2, 0.25) is 0 Å². The molecule has 1 aromatic heterocycles. The van der Waals surface area contributed by atoms with Crippen LogP contribution in [0.1, 0.15) is 5.76 Å². The minimum absolute atomic E-state index is 0.0459. The monoisotopic (exact) mass is 297 g/mol. The maximum Gasteiger partial charge on any atom is 0.139 e. The maximum absolute atomic E-state index is 8.82. The summed E-state index contributed by atoms with van der Waals surface area (Å²) in [6, 6.07) is 7.48. The van der Waals surface area contributed by atoms with Crippen LogP contribution in [0.15, 0.2) is 33.3 Å². The highest BCUT2D eigenvalue weighted by Crippen LogP contribution is 2.32. The Morgan fingerprint density at radius 1 is 1.41 bits per heavy atom. The quantitative estimate of drug-likeness (QED) is 0.943. The number of hydrogen-bond acceptors (Lipinski definition) is 4. The molecule has 1 aromatic carbocycles. The number of benzene rings is 1. The van der Waals surface area contributed by atoms with Gasteiger partial charge in [-0.2, -0.15) is 0 Å². The third-order valence-electron chi connectivity index (χ3n) is 2.35. The number of rotatable bonds is 4. The molecule has 0 unspecified atom stereocenters. The summed E-state index contributed by atoms with van der Waals surface area (Å²) in [5.41, 5.74) is 1.56. The van der Waals surface area contributed by atoms with Gasteiger partial charge in [0.25, 0.3) is 0 Å². The number of ether oxygens (including phenoxy) is 1. The summed E-state index contributed by atoms with van der Waals surface area (Å²) in [6.07, 6.45) is 0.462. The van der Waals surface area contributed by atoms with Crippen LogP contribution in [0.2, 0.25) is 0 Å². The van der Waals surface area contributed by atoms with Crippen LogP contribution in [0.4, 0.5) is 0 Å². The first kappa shape index (κ1) is 12.1. The molecule has 0 spiro atoms. The highest BCUT2D eigenvalue weighted by Gasteiger charge is 2.11. The summed E-state index contributed by atoms with van der Waals surface area (Å²) in [7, 11) is 1.61. The molecule has 2 rings (SSSR count). The summed E-state index contributed by atoms with van der Waals surface area (Å²) in [4.78, 5) is 0. The molecule has 0 aliphatic heterocycles. The van der Waals surface area contributed by atoms with Crippen molar-refractivity contribution in [3.05, 3.63) is 34.5 Å². The van der Waals surface area contributed by atoms with Crippen molar-refractivity contribution in [3.63, 3.8) is 0 Å². The van der Waals surface area contributed by atoms with Gasteiger partial charge in [0.05, 0.1) is 13.7 Å². The lowest BCUT2D eigenvalue weighted by molar-refractivity contribution is 0.277. The van der Waals surface area contributed by atoms with Crippen molar-refractivity contribution in [2.75, 3.05) is 13.7 Å². The van der Waals surface area contributed by atoms with E-state index in [1.165, 1.54) is 0 Å². The fraction of sp³-hybridized carbons (Fsp3) is 0.250. The third kappa shape index (κ3) is 2.68. The SMILES string of the molecule is COc1ccc(Br)cc1-c1cc(CCO)on1. The second kappa shape index (κ2) is 5.33. The fourth-order valence-corrected chi connectivity index (χ4v) is 1.91. The molecule has 1 N–H and O–H groups in total. The Morgan fingerprint density at radius 2 is 2.24 bits per heavy atom. The van der Waals surface area contributed by atoms with E-state index in [1.54, 1.807) is 13.2 Å². The summed E-state index contributed by atoms with van der Waals surface area (Å²) in [5, 5.41) is 12.8. The van der Waals surface area contributed by atoms with E-state index in [4.69, 9.17) is 14.4 Å². The molecule has 2 aromatic rings. The number of halogens is 1. The van der Waals surface area contributed by atoms with Crippen LogP contribution in [-0.4, -0.2) is 24.0 Å². The van der Waals surface area contributed by atoms with Crippen molar-refractivity contribution in [2.45, 2.75) is 6.42 Å². The first-order chi connectivity index (χ1) is 8.24. The van der Waals surface area contributed by atoms with Gasteiger partial charge in [-0.15, -0.1) is 0 Å². The lowest BCUT2D eigenvalue weighted by atomic mass is 10.1. The van der Waals surface area contributed by atoms with Crippen LogP contribution in [0.25, 0.3) is 11.3 Å². The maximum atomic E-state index is 8.82. The number of aliphatic hydroxyl groups is 1. The average Bonchev–Trinajstić information content (AvgIpc) is 2.78. The Balaban J connectivity index is 2.40. The lowest BCUT2D eigenvalue weighted by Crippen LogP contribution is -1.88. The van der Waals surface area contributed by atoms with E-state index < -0.39 is 0 Å². The van der Waals surface area contributed by atoms with Gasteiger partial charge < -0.3 is 14.4 Å². The molecule has 90 valence electrons. The van der Waals surface area contributed by atoms with Gasteiger partial charge in [0, 0.05) is 22.5 Å². The minimum atomic E-state index is 0.0459. The molecular formula is C12H12BrNO3. The van der Waals surface area contributed by atoms with Crippen molar-refractivity contribution < 1.29 is 14.4 Å². The molecule has 0 saturated heterocycles. The van der Waals surface area contributed by atoms with E-state index >= 15 is 0 Å². The Hall–Kier alpha value is -1.33. The van der Waals surface area contributed by atoms with Crippen molar-refractivity contribution in [2.24, 2.45) is 0 Å². The highest BCUT2D eigenvalue weighted by molar-refractivity contribution is 9.10. The second-order valence-corrected chi connectivity index (χ2v) is 4.41. The standard InChI is InChI=1S/C12H12BrNO3/c1-16-12-3-2-8(13)6-10(12)11-7-9(4-5-15)17-14-11/h2-3,6-7,15H,4-5H2,1H3. The van der Waals surface area contributed by atoms with E-state index in [2.05, 4.69) is 21.1 Å². The van der Waals surface area contributed by atoms with E-state index in [9.17, 15) is 0 Å². The molecule has 0 atom stereocenters. The smallest absolute Gasteiger partial charge is 0.139 e. The van der Waals surface area contributed by atoms with Crippen LogP contribution in [0, 0.1) is 0 Å². The molecule has 0 fully saturated rings. The molecule has 0 amide bonds. The number of hydrogen-bond donors (Lipinski definition) is 1. The Labute approximate surface area is 107 Å². The van der Waals surface area contributed by atoms with E-state index in [0.717, 1.165) is 15.8 Å². The molecule has 0 bridgehead atoms. The van der Waals surface area contributed by atoms with Crippen LogP contribution < -0.4 is 4.74 Å². The lowest BCUT2D eigenvalue weighted by Gasteiger charge is -2.05. The largest absolute Gasteiger partial charge is 0.496 e. The topological polar surface area (TPSA) is 55.5 Å². The molecule has 4 nitrogen and oxygen atoms in total. The third-order valence-corrected chi connectivity index (χ3v) is 2.85. The van der Waals surface area contributed by atoms with E-state index in [1.807, 2.05) is 18.2 Å². The molecular weight excluding hydrogens is 286 g/mol. The number of methoxy groups -OCH3 is 1. The molecule has 0 saturated carbocycles. The molecule has 5 heteroatoms. The van der Waals surface area contributed by atoms with Crippen molar-refractivity contribution in [1.29, 1.82) is 0 Å². The Morgan fingerprint density at radius 3 is 2.94 bits per heavy atom. The molecule has 0 radical (unpaired) electrons. The number of aromatic nitrogens is 1. The first-order valence-electron chi connectivity index (χ1n) is 5.15. The normalized spacial score (nSPS) is 10.5. The van der Waals surface area contributed by atoms with Crippen molar-refractivity contribution in [3.8, 4) is 17.0 Å². The van der Waals surface area contributed by atoms with Crippen LogP contribution in [0.5, 0.6) is 5.75 Å². The molecule has 0 aliphatic carbocycles. The summed E-state index contributed by atoms with van der Waals surface area (Å²) < 4.78 is 11.3. The average molecular weight is 298 g/mol. The van der Waals surface area contributed by atoms with Crippen LogP contribution >= 0.6 is 15.9 Å².